The first-order valence-electron chi connectivity index (χ1n) is 7.50. The first kappa shape index (κ1) is 16.9. The monoisotopic (exact) mass is 359 g/mol. The molecular weight excluding hydrogens is 342 g/mol. The second-order valence-electron chi connectivity index (χ2n) is 5.48. The van der Waals surface area contributed by atoms with Crippen LogP contribution >= 0.6 is 23.4 Å². The maximum absolute atomic E-state index is 6.12. The van der Waals surface area contributed by atoms with Gasteiger partial charge in [0, 0.05) is 17.8 Å². The number of aromatic nitrogens is 3. The predicted octanol–water partition coefficient (Wildman–Crippen LogP) is 4.74. The van der Waals surface area contributed by atoms with Gasteiger partial charge >= 0.3 is 0 Å². The Morgan fingerprint density at radius 1 is 1.12 bits per heavy atom. The highest BCUT2D eigenvalue weighted by Gasteiger charge is 2.15. The standard InChI is InChI=1S/C18H18ClN3OS/c1-12-4-6-13(7-5-12)11-24-18-21-20-17(22(18)2)15-10-14(19)8-9-16(15)23-3/h4-10H,11H2,1-3H3. The molecule has 0 radical (unpaired) electrons. The van der Waals surface area contributed by atoms with Crippen molar-refractivity contribution in [3.63, 3.8) is 0 Å². The molecule has 0 spiro atoms. The van der Waals surface area contributed by atoms with Gasteiger partial charge in [0.2, 0.25) is 0 Å². The molecule has 6 heteroatoms. The van der Waals surface area contributed by atoms with Crippen LogP contribution in [0.1, 0.15) is 11.1 Å². The number of hydrogen-bond donors (Lipinski definition) is 0. The van der Waals surface area contributed by atoms with E-state index >= 15 is 0 Å². The lowest BCUT2D eigenvalue weighted by Crippen LogP contribution is -1.97. The Balaban J connectivity index is 1.84. The van der Waals surface area contributed by atoms with Crippen LogP contribution in [0, 0.1) is 6.92 Å². The molecular formula is C18H18ClN3OS. The second kappa shape index (κ2) is 7.28. The van der Waals surface area contributed by atoms with Crippen molar-refractivity contribution < 1.29 is 4.74 Å². The molecule has 0 aliphatic heterocycles. The molecule has 0 saturated heterocycles. The van der Waals surface area contributed by atoms with E-state index in [1.165, 1.54) is 11.1 Å². The van der Waals surface area contributed by atoms with Gasteiger partial charge in [0.15, 0.2) is 11.0 Å². The molecule has 0 aliphatic carbocycles. The van der Waals surface area contributed by atoms with E-state index in [1.807, 2.05) is 23.7 Å². The number of benzene rings is 2. The highest BCUT2D eigenvalue weighted by atomic mass is 35.5. The summed E-state index contributed by atoms with van der Waals surface area (Å²) < 4.78 is 7.38. The molecule has 0 N–H and O–H groups in total. The number of aryl methyl sites for hydroxylation is 1. The van der Waals surface area contributed by atoms with E-state index in [0.29, 0.717) is 5.02 Å². The zero-order valence-electron chi connectivity index (χ0n) is 13.8. The Morgan fingerprint density at radius 2 is 1.88 bits per heavy atom. The van der Waals surface area contributed by atoms with Gasteiger partial charge in [0.05, 0.1) is 12.7 Å². The number of methoxy groups -OCH3 is 1. The number of halogens is 1. The van der Waals surface area contributed by atoms with E-state index < -0.39 is 0 Å². The molecule has 0 bridgehead atoms. The van der Waals surface area contributed by atoms with Crippen molar-refractivity contribution in [3.8, 4) is 17.1 Å². The van der Waals surface area contributed by atoms with Gasteiger partial charge < -0.3 is 9.30 Å². The third-order valence-electron chi connectivity index (χ3n) is 3.73. The van der Waals surface area contributed by atoms with Crippen LogP contribution in [0.5, 0.6) is 5.75 Å². The van der Waals surface area contributed by atoms with Crippen molar-refractivity contribution in [2.45, 2.75) is 17.8 Å². The Bertz CT molecular complexity index is 846. The van der Waals surface area contributed by atoms with Crippen LogP contribution in [0.3, 0.4) is 0 Å². The zero-order valence-corrected chi connectivity index (χ0v) is 15.4. The largest absolute Gasteiger partial charge is 0.496 e. The summed E-state index contributed by atoms with van der Waals surface area (Å²) in [6, 6.07) is 14.0. The highest BCUT2D eigenvalue weighted by molar-refractivity contribution is 7.98. The molecule has 124 valence electrons. The topological polar surface area (TPSA) is 39.9 Å². The average molecular weight is 360 g/mol. The molecule has 3 aromatic rings. The van der Waals surface area contributed by atoms with Gasteiger partial charge in [-0.15, -0.1) is 10.2 Å². The fraction of sp³-hybridized carbons (Fsp3) is 0.222. The third-order valence-corrected chi connectivity index (χ3v) is 5.05. The van der Waals surface area contributed by atoms with Crippen LogP contribution in [0.2, 0.25) is 5.02 Å². The van der Waals surface area contributed by atoms with Gasteiger partial charge in [-0.1, -0.05) is 53.2 Å². The Kier molecular flexibility index (Phi) is 5.11. The number of ether oxygens (including phenoxy) is 1. The van der Waals surface area contributed by atoms with Crippen LogP contribution in [-0.4, -0.2) is 21.9 Å². The number of rotatable bonds is 5. The molecule has 4 nitrogen and oxygen atoms in total. The summed E-state index contributed by atoms with van der Waals surface area (Å²) in [6.45, 7) is 2.09. The van der Waals surface area contributed by atoms with Crippen LogP contribution in [0.25, 0.3) is 11.4 Å². The number of nitrogens with zero attached hydrogens (tertiary/aromatic N) is 3. The Hall–Kier alpha value is -1.98. The minimum atomic E-state index is 0.641. The van der Waals surface area contributed by atoms with Crippen molar-refractivity contribution in [2.24, 2.45) is 7.05 Å². The molecule has 3 rings (SSSR count). The summed E-state index contributed by atoms with van der Waals surface area (Å²) in [5.74, 6) is 2.31. The number of thioether (sulfide) groups is 1. The normalized spacial score (nSPS) is 10.8. The summed E-state index contributed by atoms with van der Waals surface area (Å²) in [5.41, 5.74) is 3.36. The summed E-state index contributed by atoms with van der Waals surface area (Å²) in [5, 5.41) is 10.1. The maximum Gasteiger partial charge on any atom is 0.191 e. The van der Waals surface area contributed by atoms with E-state index in [4.69, 9.17) is 16.3 Å². The fourth-order valence-electron chi connectivity index (χ4n) is 2.36. The SMILES string of the molecule is COc1ccc(Cl)cc1-c1nnc(SCc2ccc(C)cc2)n1C. The van der Waals surface area contributed by atoms with Crippen LogP contribution in [0.4, 0.5) is 0 Å². The smallest absolute Gasteiger partial charge is 0.191 e. The van der Waals surface area contributed by atoms with Gasteiger partial charge in [-0.3, -0.25) is 0 Å². The van der Waals surface area contributed by atoms with Crippen molar-refractivity contribution in [1.29, 1.82) is 0 Å². The van der Waals surface area contributed by atoms with Crippen molar-refractivity contribution in [2.75, 3.05) is 7.11 Å². The fourth-order valence-corrected chi connectivity index (χ4v) is 3.40. The third kappa shape index (κ3) is 3.57. The Morgan fingerprint density at radius 3 is 2.58 bits per heavy atom. The molecule has 0 aliphatic rings. The predicted molar refractivity (Wildman–Crippen MR) is 98.7 cm³/mol. The zero-order chi connectivity index (χ0) is 17.1. The Labute approximate surface area is 150 Å². The second-order valence-corrected chi connectivity index (χ2v) is 6.86. The molecule has 2 aromatic carbocycles. The van der Waals surface area contributed by atoms with Crippen LogP contribution in [-0.2, 0) is 12.8 Å². The minimum Gasteiger partial charge on any atom is -0.496 e. The van der Waals surface area contributed by atoms with Gasteiger partial charge in [-0.2, -0.15) is 0 Å². The molecule has 0 saturated carbocycles. The van der Waals surface area contributed by atoms with E-state index in [0.717, 1.165) is 28.0 Å². The van der Waals surface area contributed by atoms with Gasteiger partial charge in [0.25, 0.3) is 0 Å². The quantitative estimate of drug-likeness (QED) is 0.616. The lowest BCUT2D eigenvalue weighted by molar-refractivity contribution is 0.416. The summed E-state index contributed by atoms with van der Waals surface area (Å²) in [4.78, 5) is 0. The molecule has 0 atom stereocenters. The molecule has 0 amide bonds. The number of hydrogen-bond acceptors (Lipinski definition) is 4. The highest BCUT2D eigenvalue weighted by Crippen LogP contribution is 2.33. The van der Waals surface area contributed by atoms with Crippen molar-refractivity contribution in [1.82, 2.24) is 14.8 Å². The first-order valence-corrected chi connectivity index (χ1v) is 8.86. The lowest BCUT2D eigenvalue weighted by atomic mass is 10.2. The van der Waals surface area contributed by atoms with Crippen molar-refractivity contribution in [3.05, 3.63) is 58.6 Å². The van der Waals surface area contributed by atoms with E-state index in [2.05, 4.69) is 41.4 Å². The van der Waals surface area contributed by atoms with Crippen LogP contribution in [0.15, 0.2) is 47.6 Å². The average Bonchev–Trinajstić information content (AvgIpc) is 2.95. The first-order chi connectivity index (χ1) is 11.6. The van der Waals surface area contributed by atoms with E-state index in [9.17, 15) is 0 Å². The lowest BCUT2D eigenvalue weighted by Gasteiger charge is -2.09. The van der Waals surface area contributed by atoms with Crippen molar-refractivity contribution >= 4 is 23.4 Å². The summed E-state index contributed by atoms with van der Waals surface area (Å²) >= 11 is 7.77. The van der Waals surface area contributed by atoms with Gasteiger partial charge in [0.1, 0.15) is 5.75 Å². The van der Waals surface area contributed by atoms with E-state index in [-0.39, 0.29) is 0 Å². The maximum atomic E-state index is 6.12. The molecule has 1 heterocycles. The van der Waals surface area contributed by atoms with Gasteiger partial charge in [-0.05, 0) is 30.7 Å². The molecule has 0 fully saturated rings. The molecule has 1 aromatic heterocycles. The van der Waals surface area contributed by atoms with Crippen LogP contribution < -0.4 is 4.74 Å². The van der Waals surface area contributed by atoms with Gasteiger partial charge in [-0.25, -0.2) is 0 Å². The minimum absolute atomic E-state index is 0.641. The van der Waals surface area contributed by atoms with E-state index in [1.54, 1.807) is 24.9 Å². The summed E-state index contributed by atoms with van der Waals surface area (Å²) in [7, 11) is 3.59. The molecule has 0 unspecified atom stereocenters. The molecule has 24 heavy (non-hydrogen) atoms. The summed E-state index contributed by atoms with van der Waals surface area (Å²) in [6.07, 6.45) is 0.